The van der Waals surface area contributed by atoms with Gasteiger partial charge in [0.1, 0.15) is 12.7 Å². The van der Waals surface area contributed by atoms with Gasteiger partial charge in [-0.25, -0.2) is 18.4 Å². The van der Waals surface area contributed by atoms with Crippen molar-refractivity contribution >= 4 is 5.91 Å². The van der Waals surface area contributed by atoms with Gasteiger partial charge in [0.25, 0.3) is 0 Å². The highest BCUT2D eigenvalue weighted by Crippen LogP contribution is 2.49. The van der Waals surface area contributed by atoms with Gasteiger partial charge in [0.2, 0.25) is 5.91 Å². The molecule has 3 unspecified atom stereocenters. The SMILES string of the molecule is O=C(C1CC1c1cccc(F)c1F)N1CCCC(n2cncn2)C1. The van der Waals surface area contributed by atoms with Crippen molar-refractivity contribution in [3.8, 4) is 0 Å². The molecule has 2 fully saturated rings. The third-order valence-corrected chi connectivity index (χ3v) is 5.01. The van der Waals surface area contributed by atoms with Crippen molar-refractivity contribution in [1.29, 1.82) is 0 Å². The van der Waals surface area contributed by atoms with Gasteiger partial charge in [-0.15, -0.1) is 0 Å². The number of aromatic nitrogens is 3. The number of likely N-dealkylation sites (tertiary alicyclic amines) is 1. The van der Waals surface area contributed by atoms with Gasteiger partial charge in [0.05, 0.1) is 6.04 Å². The molecule has 2 aromatic rings. The molecule has 126 valence electrons. The number of hydrogen-bond donors (Lipinski definition) is 0. The van der Waals surface area contributed by atoms with Crippen LogP contribution in [0.5, 0.6) is 0 Å². The van der Waals surface area contributed by atoms with Gasteiger partial charge in [-0.2, -0.15) is 5.10 Å². The van der Waals surface area contributed by atoms with Crippen LogP contribution < -0.4 is 0 Å². The molecule has 0 radical (unpaired) electrons. The normalized spacial score (nSPS) is 26.4. The van der Waals surface area contributed by atoms with Crippen molar-refractivity contribution in [2.24, 2.45) is 5.92 Å². The predicted molar refractivity (Wildman–Crippen MR) is 82.1 cm³/mol. The molecular formula is C17H18F2N4O. The van der Waals surface area contributed by atoms with E-state index in [1.807, 2.05) is 4.90 Å². The van der Waals surface area contributed by atoms with Crippen molar-refractivity contribution in [3.63, 3.8) is 0 Å². The molecule has 5 nitrogen and oxygen atoms in total. The van der Waals surface area contributed by atoms with E-state index in [2.05, 4.69) is 10.1 Å². The van der Waals surface area contributed by atoms with Crippen LogP contribution >= 0.6 is 0 Å². The fourth-order valence-electron chi connectivity index (χ4n) is 3.63. The molecule has 4 rings (SSSR count). The summed E-state index contributed by atoms with van der Waals surface area (Å²) >= 11 is 0. The Kier molecular flexibility index (Phi) is 3.78. The molecule has 1 saturated carbocycles. The minimum Gasteiger partial charge on any atom is -0.340 e. The minimum atomic E-state index is -0.852. The third kappa shape index (κ3) is 2.68. The first-order valence-electron chi connectivity index (χ1n) is 8.22. The number of carbonyl (C=O) groups is 1. The Bertz CT molecular complexity index is 749. The molecule has 2 aliphatic rings. The largest absolute Gasteiger partial charge is 0.340 e. The average Bonchev–Trinajstić information content (AvgIpc) is 3.19. The van der Waals surface area contributed by atoms with E-state index >= 15 is 0 Å². The van der Waals surface area contributed by atoms with Crippen molar-refractivity contribution in [1.82, 2.24) is 19.7 Å². The van der Waals surface area contributed by atoms with Crippen LogP contribution in [0.1, 0.15) is 36.8 Å². The number of piperidine rings is 1. The maximum atomic E-state index is 13.9. The number of rotatable bonds is 3. The minimum absolute atomic E-state index is 0.0356. The molecule has 3 atom stereocenters. The summed E-state index contributed by atoms with van der Waals surface area (Å²) in [6.45, 7) is 1.30. The first-order valence-corrected chi connectivity index (χ1v) is 8.22. The molecule has 0 N–H and O–H groups in total. The lowest BCUT2D eigenvalue weighted by molar-refractivity contribution is -0.134. The molecule has 1 saturated heterocycles. The standard InChI is InChI=1S/C17H18F2N4O/c18-15-5-1-4-12(16(15)19)13-7-14(13)17(24)22-6-2-3-11(8-22)23-10-20-9-21-23/h1,4-5,9-11,13-14H,2-3,6-8H2. The van der Waals surface area contributed by atoms with E-state index in [1.165, 1.54) is 12.4 Å². The number of benzene rings is 1. The molecular weight excluding hydrogens is 314 g/mol. The number of halogens is 2. The molecule has 2 heterocycles. The van der Waals surface area contributed by atoms with E-state index in [0.29, 0.717) is 25.1 Å². The molecule has 0 spiro atoms. The second kappa shape index (κ2) is 5.96. The third-order valence-electron chi connectivity index (χ3n) is 5.01. The van der Waals surface area contributed by atoms with E-state index in [9.17, 15) is 13.6 Å². The lowest BCUT2D eigenvalue weighted by Crippen LogP contribution is -2.41. The van der Waals surface area contributed by atoms with Gasteiger partial charge in [0, 0.05) is 19.0 Å². The van der Waals surface area contributed by atoms with E-state index in [1.54, 1.807) is 17.1 Å². The van der Waals surface area contributed by atoms with Crippen LogP contribution in [-0.4, -0.2) is 38.7 Å². The first-order chi connectivity index (χ1) is 11.6. The summed E-state index contributed by atoms with van der Waals surface area (Å²) in [5, 5.41) is 4.15. The summed E-state index contributed by atoms with van der Waals surface area (Å²) in [6, 6.07) is 4.30. The highest BCUT2D eigenvalue weighted by Gasteiger charge is 2.47. The number of carbonyl (C=O) groups excluding carboxylic acids is 1. The molecule has 1 amide bonds. The van der Waals surface area contributed by atoms with E-state index in [4.69, 9.17) is 0 Å². The Morgan fingerprint density at radius 2 is 2.17 bits per heavy atom. The smallest absolute Gasteiger partial charge is 0.226 e. The van der Waals surface area contributed by atoms with Gasteiger partial charge in [-0.05, 0) is 36.8 Å². The van der Waals surface area contributed by atoms with Crippen LogP contribution in [0.25, 0.3) is 0 Å². The number of nitrogens with zero attached hydrogens (tertiary/aromatic N) is 4. The highest BCUT2D eigenvalue weighted by atomic mass is 19.2. The van der Waals surface area contributed by atoms with Crippen LogP contribution in [0.2, 0.25) is 0 Å². The summed E-state index contributed by atoms with van der Waals surface area (Å²) in [4.78, 5) is 18.5. The molecule has 1 aliphatic carbocycles. The van der Waals surface area contributed by atoms with Crippen molar-refractivity contribution in [2.75, 3.05) is 13.1 Å². The number of hydrogen-bond acceptors (Lipinski definition) is 3. The lowest BCUT2D eigenvalue weighted by Gasteiger charge is -2.32. The molecule has 24 heavy (non-hydrogen) atoms. The van der Waals surface area contributed by atoms with Crippen molar-refractivity contribution in [3.05, 3.63) is 48.1 Å². The van der Waals surface area contributed by atoms with Crippen molar-refractivity contribution in [2.45, 2.75) is 31.2 Å². The Balaban J connectivity index is 1.44. The zero-order valence-corrected chi connectivity index (χ0v) is 13.1. The van der Waals surface area contributed by atoms with Crippen LogP contribution in [-0.2, 0) is 4.79 Å². The second-order valence-corrected chi connectivity index (χ2v) is 6.55. The van der Waals surface area contributed by atoms with E-state index in [0.717, 1.165) is 18.9 Å². The molecule has 1 aromatic carbocycles. The highest BCUT2D eigenvalue weighted by molar-refractivity contribution is 5.83. The Hall–Kier alpha value is -2.31. The molecule has 1 aromatic heterocycles. The Morgan fingerprint density at radius 3 is 2.96 bits per heavy atom. The van der Waals surface area contributed by atoms with Gasteiger partial charge in [-0.3, -0.25) is 4.79 Å². The summed E-state index contributed by atoms with van der Waals surface area (Å²) in [6.07, 6.45) is 5.61. The van der Waals surface area contributed by atoms with E-state index < -0.39 is 11.6 Å². The summed E-state index contributed by atoms with van der Waals surface area (Å²) in [5.41, 5.74) is 0.318. The van der Waals surface area contributed by atoms with Crippen molar-refractivity contribution < 1.29 is 13.6 Å². The quantitative estimate of drug-likeness (QED) is 0.868. The van der Waals surface area contributed by atoms with Gasteiger partial charge in [-0.1, -0.05) is 12.1 Å². The van der Waals surface area contributed by atoms with Crippen LogP contribution in [0, 0.1) is 17.6 Å². The fourth-order valence-corrected chi connectivity index (χ4v) is 3.63. The summed E-state index contributed by atoms with van der Waals surface area (Å²) < 4.78 is 29.1. The average molecular weight is 332 g/mol. The lowest BCUT2D eigenvalue weighted by atomic mass is 10.0. The molecule has 1 aliphatic heterocycles. The first kappa shape index (κ1) is 15.2. The van der Waals surface area contributed by atoms with Gasteiger partial charge < -0.3 is 4.90 Å². The maximum Gasteiger partial charge on any atom is 0.226 e. The zero-order chi connectivity index (χ0) is 16.7. The van der Waals surface area contributed by atoms with Crippen LogP contribution in [0.3, 0.4) is 0 Å². The van der Waals surface area contributed by atoms with Gasteiger partial charge >= 0.3 is 0 Å². The van der Waals surface area contributed by atoms with Crippen LogP contribution in [0.4, 0.5) is 8.78 Å². The topological polar surface area (TPSA) is 51.0 Å². The fraction of sp³-hybridized carbons (Fsp3) is 0.471. The summed E-state index contributed by atoms with van der Waals surface area (Å²) in [7, 11) is 0. The number of amides is 1. The zero-order valence-electron chi connectivity index (χ0n) is 13.1. The Morgan fingerprint density at radius 1 is 1.29 bits per heavy atom. The van der Waals surface area contributed by atoms with Crippen LogP contribution in [0.15, 0.2) is 30.9 Å². The van der Waals surface area contributed by atoms with E-state index in [-0.39, 0.29) is 23.8 Å². The molecule has 0 bridgehead atoms. The Labute approximate surface area is 138 Å². The van der Waals surface area contributed by atoms with Gasteiger partial charge in [0.15, 0.2) is 11.6 Å². The predicted octanol–water partition coefficient (Wildman–Crippen LogP) is 2.52. The monoisotopic (exact) mass is 332 g/mol. The maximum absolute atomic E-state index is 13.9. The summed E-state index contributed by atoms with van der Waals surface area (Å²) in [5.74, 6) is -2.09. The molecule has 7 heteroatoms. The second-order valence-electron chi connectivity index (χ2n) is 6.55.